The third-order valence-electron chi connectivity index (χ3n) is 6.13. The first-order valence-electron chi connectivity index (χ1n) is 14.9. The van der Waals surface area contributed by atoms with Gasteiger partial charge in [0.05, 0.1) is 59.5 Å². The van der Waals surface area contributed by atoms with Gasteiger partial charge in [-0.2, -0.15) is 0 Å². The van der Waals surface area contributed by atoms with Crippen LogP contribution in [0.25, 0.3) is 0 Å². The molecule has 0 aliphatic heterocycles. The van der Waals surface area contributed by atoms with Crippen molar-refractivity contribution in [3.63, 3.8) is 0 Å². The van der Waals surface area contributed by atoms with Gasteiger partial charge in [-0.15, -0.1) is 0 Å². The fourth-order valence-corrected chi connectivity index (χ4v) is 3.91. The lowest BCUT2D eigenvalue weighted by atomic mass is 10.0. The summed E-state index contributed by atoms with van der Waals surface area (Å²) in [6, 6.07) is 0. The topological polar surface area (TPSA) is 58.2 Å². The molecule has 0 radical (unpaired) electrons. The molecular weight excluding hydrogens is 442 g/mol. The number of nitrogens with one attached hydrogen (secondary N) is 1. The van der Waals surface area contributed by atoms with E-state index in [1.807, 2.05) is 7.05 Å². The maximum atomic E-state index is 5.66. The van der Waals surface area contributed by atoms with Crippen molar-refractivity contribution in [1.29, 1.82) is 0 Å². The Hall–Kier alpha value is -0.240. The van der Waals surface area contributed by atoms with Gasteiger partial charge in [0.1, 0.15) is 0 Å². The maximum Gasteiger partial charge on any atom is 0.0701 e. The van der Waals surface area contributed by atoms with Crippen LogP contribution < -0.4 is 5.32 Å². The average molecular weight is 504 g/mol. The van der Waals surface area contributed by atoms with Crippen molar-refractivity contribution in [3.05, 3.63) is 0 Å². The van der Waals surface area contributed by atoms with Gasteiger partial charge in [-0.05, 0) is 13.5 Å². The van der Waals surface area contributed by atoms with E-state index in [1.54, 1.807) is 0 Å². The molecule has 0 saturated heterocycles. The third kappa shape index (κ3) is 33.8. The second-order valence-electron chi connectivity index (χ2n) is 9.47. The van der Waals surface area contributed by atoms with E-state index in [1.165, 1.54) is 103 Å². The summed E-state index contributed by atoms with van der Waals surface area (Å²) in [5.74, 6) is 0. The van der Waals surface area contributed by atoms with Gasteiger partial charge in [0.15, 0.2) is 0 Å². The maximum absolute atomic E-state index is 5.66. The molecule has 0 saturated carbocycles. The largest absolute Gasteiger partial charge is 0.379 e. The van der Waals surface area contributed by atoms with Gasteiger partial charge in [0.2, 0.25) is 0 Å². The zero-order valence-corrected chi connectivity index (χ0v) is 23.6. The van der Waals surface area contributed by atoms with Crippen LogP contribution in [0.3, 0.4) is 0 Å². The molecule has 1 N–H and O–H groups in total. The summed E-state index contributed by atoms with van der Waals surface area (Å²) in [5, 5.41) is 3.04. The molecule has 0 aliphatic carbocycles. The number of unbranched alkanes of at least 4 members (excludes halogenated alkanes) is 15. The minimum atomic E-state index is 0.593. The first-order valence-corrected chi connectivity index (χ1v) is 14.9. The molecule has 0 amide bonds. The molecule has 0 aromatic rings. The molecule has 0 rings (SSSR count). The monoisotopic (exact) mass is 503 g/mol. The van der Waals surface area contributed by atoms with Crippen LogP contribution in [0.4, 0.5) is 0 Å². The molecule has 0 spiro atoms. The Morgan fingerprint density at radius 3 is 0.971 bits per heavy atom. The van der Waals surface area contributed by atoms with Crippen LogP contribution in [0.2, 0.25) is 0 Å². The molecule has 212 valence electrons. The number of hydrogen-bond acceptors (Lipinski definition) is 6. The van der Waals surface area contributed by atoms with Crippen LogP contribution in [-0.2, 0) is 23.7 Å². The minimum absolute atomic E-state index is 0.593. The molecule has 6 heteroatoms. The van der Waals surface area contributed by atoms with Gasteiger partial charge in [-0.3, -0.25) is 0 Å². The van der Waals surface area contributed by atoms with E-state index in [0.717, 1.165) is 19.8 Å². The van der Waals surface area contributed by atoms with Crippen molar-refractivity contribution >= 4 is 0 Å². The molecule has 0 atom stereocenters. The SMILES string of the molecule is CCCCCCCCCCCCCCCCCCOCCOCCOCCOCCOCCNC. The molecule has 0 bridgehead atoms. The van der Waals surface area contributed by atoms with E-state index >= 15 is 0 Å². The zero-order valence-electron chi connectivity index (χ0n) is 23.6. The molecule has 0 aromatic heterocycles. The normalized spacial score (nSPS) is 11.5. The Kier molecular flexibility index (Phi) is 33.5. The summed E-state index contributed by atoms with van der Waals surface area (Å²) >= 11 is 0. The van der Waals surface area contributed by atoms with Gasteiger partial charge in [0.25, 0.3) is 0 Å². The van der Waals surface area contributed by atoms with Crippen LogP contribution in [-0.4, -0.2) is 79.7 Å². The van der Waals surface area contributed by atoms with Gasteiger partial charge in [-0.1, -0.05) is 103 Å². The van der Waals surface area contributed by atoms with Crippen LogP contribution >= 0.6 is 0 Å². The summed E-state index contributed by atoms with van der Waals surface area (Å²) in [7, 11) is 1.91. The summed E-state index contributed by atoms with van der Waals surface area (Å²) < 4.78 is 27.5. The van der Waals surface area contributed by atoms with Crippen LogP contribution in [0.5, 0.6) is 0 Å². The van der Waals surface area contributed by atoms with E-state index in [2.05, 4.69) is 12.2 Å². The smallest absolute Gasteiger partial charge is 0.0701 e. The summed E-state index contributed by atoms with van der Waals surface area (Å²) in [6.07, 6.45) is 22.4. The number of rotatable bonds is 32. The summed E-state index contributed by atoms with van der Waals surface area (Å²) in [4.78, 5) is 0. The van der Waals surface area contributed by atoms with Crippen molar-refractivity contribution < 1.29 is 23.7 Å². The van der Waals surface area contributed by atoms with Crippen molar-refractivity contribution in [1.82, 2.24) is 5.32 Å². The highest BCUT2D eigenvalue weighted by Crippen LogP contribution is 2.13. The lowest BCUT2D eigenvalue weighted by molar-refractivity contribution is -0.0109. The standard InChI is InChI=1S/C29H61NO5/c1-3-4-5-6-7-8-9-10-11-12-13-14-15-16-17-18-20-31-22-24-33-26-28-35-29-27-34-25-23-32-21-19-30-2/h30H,3-29H2,1-2H3. The lowest BCUT2D eigenvalue weighted by Crippen LogP contribution is -2.17. The van der Waals surface area contributed by atoms with Crippen molar-refractivity contribution in [2.75, 3.05) is 79.7 Å². The molecule has 0 fully saturated rings. The first-order chi connectivity index (χ1) is 17.4. The van der Waals surface area contributed by atoms with E-state index in [-0.39, 0.29) is 0 Å². The molecule has 0 aliphatic rings. The number of ether oxygens (including phenoxy) is 5. The first kappa shape index (κ1) is 34.8. The highest BCUT2D eigenvalue weighted by atomic mass is 16.6. The Labute approximate surface area is 218 Å². The molecule has 0 heterocycles. The molecule has 35 heavy (non-hydrogen) atoms. The molecular formula is C29H61NO5. The Balaban J connectivity index is 3.00. The second-order valence-corrected chi connectivity index (χ2v) is 9.47. The van der Waals surface area contributed by atoms with E-state index in [9.17, 15) is 0 Å². The predicted molar refractivity (Wildman–Crippen MR) is 148 cm³/mol. The molecule has 0 aromatic carbocycles. The molecule has 0 unspecified atom stereocenters. The van der Waals surface area contributed by atoms with Crippen LogP contribution in [0.15, 0.2) is 0 Å². The highest BCUT2D eigenvalue weighted by Gasteiger charge is 1.96. The quantitative estimate of drug-likeness (QED) is 0.105. The zero-order chi connectivity index (χ0) is 25.3. The Morgan fingerprint density at radius 2 is 0.629 bits per heavy atom. The third-order valence-corrected chi connectivity index (χ3v) is 6.13. The Bertz CT molecular complexity index is 328. The van der Waals surface area contributed by atoms with Gasteiger partial charge < -0.3 is 29.0 Å². The Morgan fingerprint density at radius 1 is 0.343 bits per heavy atom. The van der Waals surface area contributed by atoms with Gasteiger partial charge >= 0.3 is 0 Å². The summed E-state index contributed by atoms with van der Waals surface area (Å²) in [6.45, 7) is 9.68. The fourth-order valence-electron chi connectivity index (χ4n) is 3.91. The van der Waals surface area contributed by atoms with Gasteiger partial charge in [-0.25, -0.2) is 0 Å². The van der Waals surface area contributed by atoms with Crippen LogP contribution in [0.1, 0.15) is 110 Å². The minimum Gasteiger partial charge on any atom is -0.379 e. The highest BCUT2D eigenvalue weighted by molar-refractivity contribution is 4.50. The van der Waals surface area contributed by atoms with E-state index < -0.39 is 0 Å². The van der Waals surface area contributed by atoms with E-state index in [4.69, 9.17) is 23.7 Å². The molecule has 6 nitrogen and oxygen atoms in total. The second kappa shape index (κ2) is 33.8. The lowest BCUT2D eigenvalue weighted by Gasteiger charge is -2.08. The van der Waals surface area contributed by atoms with Crippen molar-refractivity contribution in [3.8, 4) is 0 Å². The average Bonchev–Trinajstić information content (AvgIpc) is 2.87. The van der Waals surface area contributed by atoms with E-state index in [0.29, 0.717) is 52.9 Å². The number of likely N-dealkylation sites (N-methyl/N-ethyl adjacent to an activating group) is 1. The van der Waals surface area contributed by atoms with Crippen molar-refractivity contribution in [2.24, 2.45) is 0 Å². The summed E-state index contributed by atoms with van der Waals surface area (Å²) in [5.41, 5.74) is 0. The fraction of sp³-hybridized carbons (Fsp3) is 1.00. The van der Waals surface area contributed by atoms with Crippen LogP contribution in [0, 0.1) is 0 Å². The predicted octanol–water partition coefficient (Wildman–Crippen LogP) is 6.55. The van der Waals surface area contributed by atoms with Crippen molar-refractivity contribution in [2.45, 2.75) is 110 Å². The van der Waals surface area contributed by atoms with Gasteiger partial charge in [0, 0.05) is 13.2 Å². The number of hydrogen-bond donors (Lipinski definition) is 1.